The second-order valence-corrected chi connectivity index (χ2v) is 4.95. The minimum absolute atomic E-state index is 0.0114. The monoisotopic (exact) mass is 256 g/mol. The first kappa shape index (κ1) is 12.0. The second-order valence-electron chi connectivity index (χ2n) is 4.95. The maximum absolute atomic E-state index is 12.0. The molecule has 1 aliphatic rings. The summed E-state index contributed by atoms with van der Waals surface area (Å²) in [5.74, 6) is 0.0114. The number of nitrogens with zero attached hydrogens (tertiary/aromatic N) is 4. The van der Waals surface area contributed by atoms with Crippen LogP contribution >= 0.6 is 0 Å². The Labute approximate surface area is 111 Å². The van der Waals surface area contributed by atoms with Crippen LogP contribution in [0.25, 0.3) is 0 Å². The number of aromatic nitrogens is 4. The van der Waals surface area contributed by atoms with Crippen LogP contribution in [0.3, 0.4) is 0 Å². The zero-order valence-electron chi connectivity index (χ0n) is 10.7. The lowest BCUT2D eigenvalue weighted by Crippen LogP contribution is -2.08. The summed E-state index contributed by atoms with van der Waals surface area (Å²) in [7, 11) is 0. The number of ketones is 1. The molecule has 98 valence electrons. The van der Waals surface area contributed by atoms with Crippen LogP contribution in [0, 0.1) is 0 Å². The van der Waals surface area contributed by atoms with Crippen LogP contribution in [0.1, 0.15) is 47.8 Å². The molecule has 5 heteroatoms. The first-order valence-corrected chi connectivity index (χ1v) is 6.65. The Morgan fingerprint density at radius 2 is 2.00 bits per heavy atom. The highest BCUT2D eigenvalue weighted by Crippen LogP contribution is 2.28. The summed E-state index contributed by atoms with van der Waals surface area (Å²) in [6, 6.07) is 2.45. The quantitative estimate of drug-likeness (QED) is 0.787. The number of hydrogen-bond donors (Lipinski definition) is 0. The maximum atomic E-state index is 12.0. The van der Waals surface area contributed by atoms with E-state index < -0.39 is 0 Å². The molecule has 0 aliphatic heterocycles. The maximum Gasteiger partial charge on any atom is 0.171 e. The van der Waals surface area contributed by atoms with Gasteiger partial charge in [-0.15, -0.1) is 0 Å². The fraction of sp³-hybridized carbons (Fsp3) is 0.429. The summed E-state index contributed by atoms with van der Waals surface area (Å²) < 4.78 is 2.01. The van der Waals surface area contributed by atoms with Crippen molar-refractivity contribution in [3.63, 3.8) is 0 Å². The summed E-state index contributed by atoms with van der Waals surface area (Å²) in [5, 5.41) is 4.51. The Morgan fingerprint density at radius 3 is 2.74 bits per heavy atom. The van der Waals surface area contributed by atoms with E-state index in [2.05, 4.69) is 15.1 Å². The van der Waals surface area contributed by atoms with Crippen LogP contribution < -0.4 is 0 Å². The third-order valence-corrected chi connectivity index (χ3v) is 3.59. The number of Topliss-reactive ketones (excluding diaryl/α,β-unsaturated/α-hetero) is 1. The van der Waals surface area contributed by atoms with Gasteiger partial charge in [0.25, 0.3) is 0 Å². The van der Waals surface area contributed by atoms with Crippen molar-refractivity contribution < 1.29 is 4.79 Å². The summed E-state index contributed by atoms with van der Waals surface area (Å²) in [6.07, 6.45) is 11.8. The van der Waals surface area contributed by atoms with Gasteiger partial charge in [0.15, 0.2) is 5.78 Å². The van der Waals surface area contributed by atoms with Gasteiger partial charge in [0.1, 0.15) is 6.33 Å². The zero-order chi connectivity index (χ0) is 13.1. The molecule has 0 N–H and O–H groups in total. The van der Waals surface area contributed by atoms with Gasteiger partial charge in [-0.05, 0) is 18.9 Å². The van der Waals surface area contributed by atoms with E-state index in [9.17, 15) is 4.79 Å². The highest BCUT2D eigenvalue weighted by Gasteiger charge is 2.18. The van der Waals surface area contributed by atoms with Gasteiger partial charge >= 0.3 is 0 Å². The summed E-state index contributed by atoms with van der Waals surface area (Å²) in [5.41, 5.74) is 1.36. The van der Waals surface area contributed by atoms with Gasteiger partial charge in [-0.25, -0.2) is 9.97 Å². The minimum atomic E-state index is 0.0114. The molecule has 0 atom stereocenters. The predicted molar refractivity (Wildman–Crippen MR) is 69.8 cm³/mol. The smallest absolute Gasteiger partial charge is 0.171 e. The van der Waals surface area contributed by atoms with E-state index in [1.807, 2.05) is 16.9 Å². The first-order valence-electron chi connectivity index (χ1n) is 6.65. The molecule has 5 nitrogen and oxygen atoms in total. The van der Waals surface area contributed by atoms with Crippen molar-refractivity contribution in [1.82, 2.24) is 19.7 Å². The third kappa shape index (κ3) is 2.70. The lowest BCUT2D eigenvalue weighted by Gasteiger charge is -2.08. The number of carbonyl (C=O) groups is 1. The van der Waals surface area contributed by atoms with Crippen LogP contribution in [0.2, 0.25) is 0 Å². The molecule has 0 saturated heterocycles. The summed E-state index contributed by atoms with van der Waals surface area (Å²) in [6.45, 7) is 0. The van der Waals surface area contributed by atoms with Crippen molar-refractivity contribution in [2.24, 2.45) is 0 Å². The molecule has 0 spiro atoms. The Kier molecular flexibility index (Phi) is 3.35. The van der Waals surface area contributed by atoms with Gasteiger partial charge in [0.05, 0.1) is 23.7 Å². The second kappa shape index (κ2) is 5.30. The minimum Gasteiger partial charge on any atom is -0.294 e. The lowest BCUT2D eigenvalue weighted by atomic mass is 10.1. The molecular weight excluding hydrogens is 240 g/mol. The molecule has 2 aromatic heterocycles. The summed E-state index contributed by atoms with van der Waals surface area (Å²) >= 11 is 0. The van der Waals surface area contributed by atoms with E-state index in [-0.39, 0.29) is 5.78 Å². The molecule has 2 aromatic rings. The topological polar surface area (TPSA) is 60.7 Å². The Bertz CT molecular complexity index is 558. The Balaban J connectivity index is 1.68. The van der Waals surface area contributed by atoms with Gasteiger partial charge in [0.2, 0.25) is 0 Å². The molecule has 1 fully saturated rings. The summed E-state index contributed by atoms with van der Waals surface area (Å²) in [4.78, 5) is 19.7. The van der Waals surface area contributed by atoms with Gasteiger partial charge < -0.3 is 0 Å². The van der Waals surface area contributed by atoms with Gasteiger partial charge in [0, 0.05) is 18.6 Å². The van der Waals surface area contributed by atoms with Gasteiger partial charge in [-0.3, -0.25) is 9.48 Å². The molecule has 0 amide bonds. The van der Waals surface area contributed by atoms with E-state index in [4.69, 9.17) is 0 Å². The highest BCUT2D eigenvalue weighted by molar-refractivity contribution is 5.96. The van der Waals surface area contributed by atoms with E-state index in [1.165, 1.54) is 32.0 Å². The Hall–Kier alpha value is -2.04. The van der Waals surface area contributed by atoms with Crippen molar-refractivity contribution >= 4 is 5.78 Å². The van der Waals surface area contributed by atoms with Gasteiger partial charge in [-0.2, -0.15) is 5.10 Å². The average Bonchev–Trinajstić information content (AvgIpc) is 3.10. The average molecular weight is 256 g/mol. The molecule has 3 rings (SSSR count). The number of hydrogen-bond acceptors (Lipinski definition) is 4. The predicted octanol–water partition coefficient (Wildman–Crippen LogP) is 2.21. The molecule has 0 unspecified atom stereocenters. The highest BCUT2D eigenvalue weighted by atomic mass is 16.1. The SMILES string of the molecule is O=C(Cc1ccn(C2CCCC2)n1)c1cncnc1. The fourth-order valence-electron chi connectivity index (χ4n) is 2.55. The van der Waals surface area contributed by atoms with Crippen LogP contribution in [0.5, 0.6) is 0 Å². The molecule has 1 aliphatic carbocycles. The molecular formula is C14H16N4O. The normalized spacial score (nSPS) is 15.8. The van der Waals surface area contributed by atoms with Crippen molar-refractivity contribution in [1.29, 1.82) is 0 Å². The molecule has 1 saturated carbocycles. The molecule has 2 heterocycles. The first-order chi connectivity index (χ1) is 9.33. The van der Waals surface area contributed by atoms with Gasteiger partial charge in [-0.1, -0.05) is 12.8 Å². The van der Waals surface area contributed by atoms with E-state index in [0.717, 1.165) is 5.69 Å². The largest absolute Gasteiger partial charge is 0.294 e. The Morgan fingerprint density at radius 1 is 1.26 bits per heavy atom. The van der Waals surface area contributed by atoms with E-state index >= 15 is 0 Å². The number of carbonyl (C=O) groups excluding carboxylic acids is 1. The lowest BCUT2D eigenvalue weighted by molar-refractivity contribution is 0.0991. The van der Waals surface area contributed by atoms with Crippen molar-refractivity contribution in [3.8, 4) is 0 Å². The van der Waals surface area contributed by atoms with E-state index in [1.54, 1.807) is 12.4 Å². The zero-order valence-corrected chi connectivity index (χ0v) is 10.7. The fourth-order valence-corrected chi connectivity index (χ4v) is 2.55. The van der Waals surface area contributed by atoms with E-state index in [0.29, 0.717) is 18.0 Å². The third-order valence-electron chi connectivity index (χ3n) is 3.59. The van der Waals surface area contributed by atoms with Crippen LogP contribution in [0.4, 0.5) is 0 Å². The molecule has 0 aromatic carbocycles. The van der Waals surface area contributed by atoms with Crippen LogP contribution in [-0.4, -0.2) is 25.5 Å². The molecule has 19 heavy (non-hydrogen) atoms. The van der Waals surface area contributed by atoms with Crippen LogP contribution in [0.15, 0.2) is 31.0 Å². The molecule has 0 bridgehead atoms. The number of rotatable bonds is 4. The molecule has 0 radical (unpaired) electrons. The standard InChI is InChI=1S/C14H16N4O/c19-14(11-8-15-10-16-9-11)7-12-5-6-18(17-12)13-3-1-2-4-13/h5-6,8-10,13H,1-4,7H2. The van der Waals surface area contributed by atoms with Crippen molar-refractivity contribution in [2.45, 2.75) is 38.1 Å². The van der Waals surface area contributed by atoms with Crippen LogP contribution in [-0.2, 0) is 6.42 Å². The van der Waals surface area contributed by atoms with Crippen molar-refractivity contribution in [3.05, 3.63) is 42.2 Å². The van der Waals surface area contributed by atoms with Crippen molar-refractivity contribution in [2.75, 3.05) is 0 Å².